The van der Waals surface area contributed by atoms with Gasteiger partial charge in [0.05, 0.1) is 4.88 Å². The first-order valence-corrected chi connectivity index (χ1v) is 8.16. The molecule has 0 saturated carbocycles. The van der Waals surface area contributed by atoms with Crippen molar-refractivity contribution in [2.75, 3.05) is 6.54 Å². The van der Waals surface area contributed by atoms with E-state index in [1.165, 1.54) is 11.3 Å². The van der Waals surface area contributed by atoms with Gasteiger partial charge in [0.25, 0.3) is 5.91 Å². The van der Waals surface area contributed by atoms with E-state index in [1.807, 2.05) is 35.5 Å². The molecule has 4 nitrogen and oxygen atoms in total. The first kappa shape index (κ1) is 13.4. The summed E-state index contributed by atoms with van der Waals surface area (Å²) in [4.78, 5) is 24.3. The summed E-state index contributed by atoms with van der Waals surface area (Å²) in [7, 11) is 0. The van der Waals surface area contributed by atoms with Gasteiger partial charge in [-0.2, -0.15) is 0 Å². The van der Waals surface area contributed by atoms with Gasteiger partial charge in [-0.15, -0.1) is 11.3 Å². The number of hydrogen-bond acceptors (Lipinski definition) is 4. The smallest absolute Gasteiger partial charge is 0.264 e. The average Bonchev–Trinajstić information content (AvgIpc) is 3.06. The van der Waals surface area contributed by atoms with Gasteiger partial charge >= 0.3 is 0 Å². The quantitative estimate of drug-likeness (QED) is 0.693. The summed E-state index contributed by atoms with van der Waals surface area (Å²) in [6.45, 7) is 3.37. The standard InChI is InChI=1S/C17H15N3OS/c1-11-7-12-8-13-10-20(17(21)15-3-2-6-22-15)5-4-14(13)19-16(12)18-9-11/h2-3,6-9H,4-5,10H2,1H3. The maximum atomic E-state index is 12.5. The fourth-order valence-corrected chi connectivity index (χ4v) is 3.55. The summed E-state index contributed by atoms with van der Waals surface area (Å²) in [6.07, 6.45) is 2.63. The van der Waals surface area contributed by atoms with E-state index in [1.54, 1.807) is 0 Å². The zero-order valence-corrected chi connectivity index (χ0v) is 13.1. The number of carbonyl (C=O) groups is 1. The van der Waals surface area contributed by atoms with Crippen molar-refractivity contribution >= 4 is 28.3 Å². The fraction of sp³-hybridized carbons (Fsp3) is 0.235. The molecule has 1 aliphatic heterocycles. The minimum Gasteiger partial charge on any atom is -0.333 e. The molecular formula is C17H15N3OS. The Hall–Kier alpha value is -2.27. The summed E-state index contributed by atoms with van der Waals surface area (Å²) in [5.41, 5.74) is 4.12. The van der Waals surface area contributed by atoms with Gasteiger partial charge in [0, 0.05) is 36.8 Å². The number of hydrogen-bond donors (Lipinski definition) is 0. The molecule has 0 spiro atoms. The number of fused-ring (bicyclic) bond motifs is 2. The van der Waals surface area contributed by atoms with E-state index in [9.17, 15) is 4.79 Å². The Morgan fingerprint density at radius 2 is 2.27 bits per heavy atom. The van der Waals surface area contributed by atoms with Gasteiger partial charge in [-0.1, -0.05) is 6.07 Å². The second-order valence-corrected chi connectivity index (χ2v) is 6.56. The van der Waals surface area contributed by atoms with Crippen LogP contribution in [0.15, 0.2) is 35.8 Å². The minimum absolute atomic E-state index is 0.114. The molecule has 0 unspecified atom stereocenters. The van der Waals surface area contributed by atoms with Gasteiger partial charge < -0.3 is 4.90 Å². The third-order valence-corrected chi connectivity index (χ3v) is 4.83. The Morgan fingerprint density at radius 3 is 3.09 bits per heavy atom. The molecule has 0 N–H and O–H groups in total. The van der Waals surface area contributed by atoms with Crippen LogP contribution >= 0.6 is 11.3 Å². The Kier molecular flexibility index (Phi) is 3.15. The van der Waals surface area contributed by atoms with Crippen molar-refractivity contribution in [3.05, 3.63) is 57.5 Å². The van der Waals surface area contributed by atoms with Crippen molar-refractivity contribution in [3.63, 3.8) is 0 Å². The summed E-state index contributed by atoms with van der Waals surface area (Å²) < 4.78 is 0. The number of aromatic nitrogens is 2. The van der Waals surface area contributed by atoms with Crippen LogP contribution in [0.3, 0.4) is 0 Å². The number of pyridine rings is 2. The van der Waals surface area contributed by atoms with E-state index in [-0.39, 0.29) is 5.91 Å². The van der Waals surface area contributed by atoms with Crippen LogP contribution in [0.4, 0.5) is 0 Å². The van der Waals surface area contributed by atoms with E-state index < -0.39 is 0 Å². The molecule has 4 heterocycles. The number of thiophene rings is 1. The van der Waals surface area contributed by atoms with Crippen molar-refractivity contribution in [2.45, 2.75) is 19.9 Å². The van der Waals surface area contributed by atoms with Gasteiger partial charge in [0.1, 0.15) is 0 Å². The molecule has 3 aromatic heterocycles. The third-order valence-electron chi connectivity index (χ3n) is 3.97. The lowest BCUT2D eigenvalue weighted by Crippen LogP contribution is -2.36. The predicted octanol–water partition coefficient (Wildman–Crippen LogP) is 3.20. The summed E-state index contributed by atoms with van der Waals surface area (Å²) in [6, 6.07) is 8.02. The molecule has 0 bridgehead atoms. The molecule has 22 heavy (non-hydrogen) atoms. The fourth-order valence-electron chi connectivity index (χ4n) is 2.86. The second kappa shape index (κ2) is 5.18. The highest BCUT2D eigenvalue weighted by molar-refractivity contribution is 7.12. The van der Waals surface area contributed by atoms with Crippen LogP contribution in [0.1, 0.15) is 26.5 Å². The lowest BCUT2D eigenvalue weighted by Gasteiger charge is -2.28. The number of amides is 1. The second-order valence-electron chi connectivity index (χ2n) is 5.61. The number of rotatable bonds is 1. The van der Waals surface area contributed by atoms with Crippen LogP contribution in [-0.2, 0) is 13.0 Å². The maximum absolute atomic E-state index is 12.5. The van der Waals surface area contributed by atoms with Gasteiger partial charge in [0.2, 0.25) is 0 Å². The maximum Gasteiger partial charge on any atom is 0.264 e. The van der Waals surface area contributed by atoms with Crippen LogP contribution in [0, 0.1) is 6.92 Å². The Morgan fingerprint density at radius 1 is 1.36 bits per heavy atom. The van der Waals surface area contributed by atoms with Crippen molar-refractivity contribution in [1.82, 2.24) is 14.9 Å². The molecule has 0 radical (unpaired) electrons. The van der Waals surface area contributed by atoms with Crippen molar-refractivity contribution in [1.29, 1.82) is 0 Å². The highest BCUT2D eigenvalue weighted by Crippen LogP contribution is 2.24. The SMILES string of the molecule is Cc1cnc2nc3c(cc2c1)CN(C(=O)c1cccs1)CC3. The largest absolute Gasteiger partial charge is 0.333 e. The Labute approximate surface area is 132 Å². The zero-order valence-electron chi connectivity index (χ0n) is 12.2. The molecule has 4 rings (SSSR count). The van der Waals surface area contributed by atoms with Crippen molar-refractivity contribution < 1.29 is 4.79 Å². The van der Waals surface area contributed by atoms with Crippen LogP contribution in [0.5, 0.6) is 0 Å². The highest BCUT2D eigenvalue weighted by Gasteiger charge is 2.23. The van der Waals surface area contributed by atoms with Gasteiger partial charge in [0.15, 0.2) is 5.65 Å². The molecule has 0 aromatic carbocycles. The molecule has 0 aliphatic carbocycles. The number of carbonyl (C=O) groups excluding carboxylic acids is 1. The van der Waals surface area contributed by atoms with Crippen LogP contribution in [0.25, 0.3) is 11.0 Å². The minimum atomic E-state index is 0.114. The van der Waals surface area contributed by atoms with E-state index in [0.29, 0.717) is 13.1 Å². The van der Waals surface area contributed by atoms with Gasteiger partial charge in [-0.3, -0.25) is 4.79 Å². The lowest BCUT2D eigenvalue weighted by atomic mass is 10.0. The molecule has 5 heteroatoms. The highest BCUT2D eigenvalue weighted by atomic mass is 32.1. The molecule has 1 aliphatic rings. The topological polar surface area (TPSA) is 46.1 Å². The van der Waals surface area contributed by atoms with E-state index in [2.05, 4.69) is 22.1 Å². The summed E-state index contributed by atoms with van der Waals surface area (Å²) in [5.74, 6) is 0.114. The first-order chi connectivity index (χ1) is 10.7. The van der Waals surface area contributed by atoms with E-state index in [4.69, 9.17) is 0 Å². The zero-order chi connectivity index (χ0) is 15.1. The van der Waals surface area contributed by atoms with E-state index in [0.717, 1.165) is 39.2 Å². The third kappa shape index (κ3) is 2.27. The molecule has 3 aromatic rings. The molecule has 1 amide bonds. The monoisotopic (exact) mass is 309 g/mol. The normalized spacial score (nSPS) is 14.1. The number of aryl methyl sites for hydroxylation is 1. The van der Waals surface area contributed by atoms with Gasteiger partial charge in [-0.25, -0.2) is 9.97 Å². The van der Waals surface area contributed by atoms with E-state index >= 15 is 0 Å². The van der Waals surface area contributed by atoms with Gasteiger partial charge in [-0.05, 0) is 41.6 Å². The van der Waals surface area contributed by atoms with Crippen LogP contribution in [0.2, 0.25) is 0 Å². The predicted molar refractivity (Wildman–Crippen MR) is 87.0 cm³/mol. The lowest BCUT2D eigenvalue weighted by molar-refractivity contribution is 0.0738. The Balaban J connectivity index is 1.69. The molecular weight excluding hydrogens is 294 g/mol. The first-order valence-electron chi connectivity index (χ1n) is 7.28. The number of nitrogens with zero attached hydrogens (tertiary/aromatic N) is 3. The summed E-state index contributed by atoms with van der Waals surface area (Å²) >= 11 is 1.49. The average molecular weight is 309 g/mol. The Bertz CT molecular complexity index is 858. The van der Waals surface area contributed by atoms with Crippen molar-refractivity contribution in [3.8, 4) is 0 Å². The molecule has 0 saturated heterocycles. The van der Waals surface area contributed by atoms with Crippen molar-refractivity contribution in [2.24, 2.45) is 0 Å². The van der Waals surface area contributed by atoms with Crippen LogP contribution < -0.4 is 0 Å². The molecule has 0 fully saturated rings. The summed E-state index contributed by atoms with van der Waals surface area (Å²) in [5, 5.41) is 2.98. The van der Waals surface area contributed by atoms with Crippen LogP contribution in [-0.4, -0.2) is 27.3 Å². The molecule has 0 atom stereocenters. The molecule has 110 valence electrons.